The number of hydrogen-bond acceptors (Lipinski definition) is 10. The van der Waals surface area contributed by atoms with Crippen LogP contribution in [0.25, 0.3) is 11.3 Å². The van der Waals surface area contributed by atoms with Crippen LogP contribution in [0.2, 0.25) is 0 Å². The highest BCUT2D eigenvalue weighted by Crippen LogP contribution is 2.29. The maximum absolute atomic E-state index is 10.1. The number of aliphatic hydroxyl groups is 1. The minimum atomic E-state index is -0.356. The normalized spacial score (nSPS) is 16.7. The molecule has 10 heteroatoms. The Morgan fingerprint density at radius 1 is 1.02 bits per heavy atom. The van der Waals surface area contributed by atoms with Gasteiger partial charge < -0.3 is 15.3 Å². The van der Waals surface area contributed by atoms with Gasteiger partial charge in [-0.05, 0) is 80.4 Å². The van der Waals surface area contributed by atoms with Crippen molar-refractivity contribution in [3.8, 4) is 17.3 Å². The Morgan fingerprint density at radius 3 is 2.67 bits per heavy atom. The number of nitrogens with zero attached hydrogens (tertiary/aromatic N) is 7. The van der Waals surface area contributed by atoms with E-state index in [1.165, 1.54) is 0 Å². The summed E-state index contributed by atoms with van der Waals surface area (Å²) in [5, 5.41) is 25.0. The Hall–Kier alpha value is -5.01. The second kappa shape index (κ2) is 11.0. The highest BCUT2D eigenvalue weighted by molar-refractivity contribution is 6.00. The molecule has 1 fully saturated rings. The lowest BCUT2D eigenvalue weighted by Crippen LogP contribution is -2.38. The van der Waals surface area contributed by atoms with Crippen molar-refractivity contribution in [1.29, 1.82) is 5.26 Å². The second-order valence-corrected chi connectivity index (χ2v) is 9.94. The molecule has 0 bridgehead atoms. The van der Waals surface area contributed by atoms with Gasteiger partial charge in [0.15, 0.2) is 5.84 Å². The molecule has 0 radical (unpaired) electrons. The predicted octanol–water partition coefficient (Wildman–Crippen LogP) is 4.15. The van der Waals surface area contributed by atoms with Crippen molar-refractivity contribution in [3.63, 3.8) is 0 Å². The van der Waals surface area contributed by atoms with Crippen LogP contribution in [-0.4, -0.2) is 51.8 Å². The summed E-state index contributed by atoms with van der Waals surface area (Å²) in [7, 11) is 0. The molecule has 1 saturated heterocycles. The molecule has 200 valence electrons. The molecule has 3 N–H and O–H groups in total. The maximum Gasteiger partial charge on any atom is 0.227 e. The second-order valence-electron chi connectivity index (χ2n) is 9.94. The standard InChI is InChI=1S/C30H29N9O/c1-20-4-5-22(17-33-20)29-34-19-39(37-29)25-8-6-24(7-9-25)35-30-32-11-10-28(36-30)23-13-21(16-31)14-26(15-23)38-12-2-3-27(40)18-38/h4-11,13-15,17,27,40H,2-3,12,18-19H2,1H3,(H,34,37)(H,32,35,36). The largest absolute Gasteiger partial charge is 0.391 e. The molecule has 0 saturated carbocycles. The average Bonchev–Trinajstić information content (AvgIpc) is 3.48. The smallest absolute Gasteiger partial charge is 0.227 e. The van der Waals surface area contributed by atoms with Crippen LogP contribution < -0.4 is 20.7 Å². The molecule has 4 aromatic rings. The Kier molecular flexibility index (Phi) is 6.95. The van der Waals surface area contributed by atoms with Crippen molar-refractivity contribution in [2.45, 2.75) is 25.9 Å². The van der Waals surface area contributed by atoms with Crippen LogP contribution in [0.5, 0.6) is 0 Å². The summed E-state index contributed by atoms with van der Waals surface area (Å²) in [5.74, 6) is 1.25. The van der Waals surface area contributed by atoms with Crippen LogP contribution >= 0.6 is 0 Å². The highest BCUT2D eigenvalue weighted by Gasteiger charge is 2.20. The van der Waals surface area contributed by atoms with Gasteiger partial charge in [-0.2, -0.15) is 5.26 Å². The Bertz CT molecular complexity index is 1580. The summed E-state index contributed by atoms with van der Waals surface area (Å²) in [4.78, 5) is 20.2. The number of piperidine rings is 1. The van der Waals surface area contributed by atoms with Gasteiger partial charge in [-0.3, -0.25) is 15.4 Å². The van der Waals surface area contributed by atoms with E-state index in [1.807, 2.05) is 78.8 Å². The topological polar surface area (TPSA) is 126 Å². The molecule has 0 spiro atoms. The summed E-state index contributed by atoms with van der Waals surface area (Å²) in [6, 6.07) is 21.7. The van der Waals surface area contributed by atoms with Crippen molar-refractivity contribution >= 4 is 28.8 Å². The first-order valence-electron chi connectivity index (χ1n) is 13.2. The predicted molar refractivity (Wildman–Crippen MR) is 155 cm³/mol. The molecule has 2 aromatic carbocycles. The number of β-amino-alcohol motifs (C(OH)–C–C–N with tert-alkyl or cyclic N) is 1. The molecule has 1 unspecified atom stereocenters. The Morgan fingerprint density at radius 2 is 1.90 bits per heavy atom. The molecule has 2 aliphatic rings. The van der Waals surface area contributed by atoms with E-state index in [2.05, 4.69) is 36.7 Å². The molecule has 2 aliphatic heterocycles. The third-order valence-corrected chi connectivity index (χ3v) is 6.99. The monoisotopic (exact) mass is 531 g/mol. The molecule has 10 nitrogen and oxygen atoms in total. The number of nitrogens with one attached hydrogen (secondary N) is 2. The lowest BCUT2D eigenvalue weighted by Gasteiger charge is -2.32. The molecule has 40 heavy (non-hydrogen) atoms. The third-order valence-electron chi connectivity index (χ3n) is 6.99. The van der Waals surface area contributed by atoms with E-state index in [9.17, 15) is 10.4 Å². The fourth-order valence-corrected chi connectivity index (χ4v) is 4.88. The van der Waals surface area contributed by atoms with E-state index in [0.717, 1.165) is 59.1 Å². The minimum absolute atomic E-state index is 0.356. The van der Waals surface area contributed by atoms with Gasteiger partial charge in [0.25, 0.3) is 0 Å². The molecule has 1 atom stereocenters. The van der Waals surface area contributed by atoms with E-state index < -0.39 is 0 Å². The molecule has 4 heterocycles. The fraction of sp³-hybridized carbons (Fsp3) is 0.233. The van der Waals surface area contributed by atoms with Crippen molar-refractivity contribution < 1.29 is 5.11 Å². The summed E-state index contributed by atoms with van der Waals surface area (Å²) in [5.41, 5.74) is 10.1. The Labute approximate surface area is 232 Å². The summed E-state index contributed by atoms with van der Waals surface area (Å²) < 4.78 is 0. The van der Waals surface area contributed by atoms with Crippen LogP contribution in [-0.2, 0) is 0 Å². The first-order chi connectivity index (χ1) is 19.5. The first kappa shape index (κ1) is 25.3. The van der Waals surface area contributed by atoms with Crippen LogP contribution in [0.1, 0.15) is 29.7 Å². The van der Waals surface area contributed by atoms with Gasteiger partial charge in [0.1, 0.15) is 6.67 Å². The van der Waals surface area contributed by atoms with Crippen molar-refractivity contribution in [2.24, 2.45) is 4.99 Å². The van der Waals surface area contributed by atoms with Gasteiger partial charge in [-0.25, -0.2) is 15.0 Å². The number of nitriles is 1. The minimum Gasteiger partial charge on any atom is -0.391 e. The van der Waals surface area contributed by atoms with Crippen molar-refractivity contribution in [1.82, 2.24) is 20.4 Å². The van der Waals surface area contributed by atoms with Gasteiger partial charge in [-0.15, -0.1) is 0 Å². The zero-order valence-electron chi connectivity index (χ0n) is 22.1. The number of anilines is 4. The van der Waals surface area contributed by atoms with Crippen LogP contribution in [0.15, 0.2) is 78.0 Å². The fourth-order valence-electron chi connectivity index (χ4n) is 4.88. The van der Waals surface area contributed by atoms with Gasteiger partial charge in [-0.1, -0.05) is 0 Å². The SMILES string of the molecule is Cc1ccc(C2=NCN(c3ccc(Nc4nccc(-c5cc(C#N)cc(N6CCCC(O)C6)c5)n4)cc3)N2)cn1. The molecule has 2 aromatic heterocycles. The van der Waals surface area contributed by atoms with Crippen molar-refractivity contribution in [3.05, 3.63) is 89.9 Å². The van der Waals surface area contributed by atoms with E-state index in [1.54, 1.807) is 6.20 Å². The number of benzene rings is 2. The number of aliphatic imine (C=N–C) groups is 1. The third kappa shape index (κ3) is 5.55. The number of rotatable bonds is 6. The average molecular weight is 532 g/mol. The molecule has 0 amide bonds. The zero-order chi connectivity index (χ0) is 27.5. The summed E-state index contributed by atoms with van der Waals surface area (Å²) in [6.07, 6.45) is 4.89. The zero-order valence-corrected chi connectivity index (χ0v) is 22.1. The van der Waals surface area contributed by atoms with E-state index in [4.69, 9.17) is 4.98 Å². The number of aromatic nitrogens is 3. The lowest BCUT2D eigenvalue weighted by atomic mass is 10.0. The van der Waals surface area contributed by atoms with Gasteiger partial charge in [0.2, 0.25) is 5.95 Å². The number of aryl methyl sites for hydroxylation is 1. The number of amidine groups is 1. The molecular formula is C30H29N9O. The van der Waals surface area contributed by atoms with Crippen LogP contribution in [0.4, 0.5) is 23.0 Å². The number of hydrogen-bond donors (Lipinski definition) is 3. The van der Waals surface area contributed by atoms with Gasteiger partial charge in [0.05, 0.1) is 29.1 Å². The van der Waals surface area contributed by atoms with Gasteiger partial charge >= 0.3 is 0 Å². The maximum atomic E-state index is 10.1. The first-order valence-corrected chi connectivity index (χ1v) is 13.2. The van der Waals surface area contributed by atoms with E-state index in [-0.39, 0.29) is 6.10 Å². The van der Waals surface area contributed by atoms with Crippen molar-refractivity contribution in [2.75, 3.05) is 35.0 Å². The molecule has 0 aliphatic carbocycles. The number of aliphatic hydroxyl groups excluding tert-OH is 1. The number of hydrazine groups is 1. The Balaban J connectivity index is 1.15. The molecular weight excluding hydrogens is 502 g/mol. The summed E-state index contributed by atoms with van der Waals surface area (Å²) in [6.45, 7) is 3.87. The lowest BCUT2D eigenvalue weighted by molar-refractivity contribution is 0.154. The quantitative estimate of drug-likeness (QED) is 0.336. The van der Waals surface area contributed by atoms with Crippen LogP contribution in [0.3, 0.4) is 0 Å². The van der Waals surface area contributed by atoms with E-state index in [0.29, 0.717) is 30.4 Å². The molecule has 6 rings (SSSR count). The van der Waals surface area contributed by atoms with E-state index >= 15 is 0 Å². The summed E-state index contributed by atoms with van der Waals surface area (Å²) >= 11 is 0. The number of pyridine rings is 1. The highest BCUT2D eigenvalue weighted by atomic mass is 16.3. The van der Waals surface area contributed by atoms with Crippen LogP contribution in [0, 0.1) is 18.3 Å². The van der Waals surface area contributed by atoms with Gasteiger partial charge in [0, 0.05) is 53.7 Å².